The topological polar surface area (TPSA) is 12.6 Å². The summed E-state index contributed by atoms with van der Waals surface area (Å²) >= 11 is -2.08. The fourth-order valence-electron chi connectivity index (χ4n) is 5.39. The zero-order valence-electron chi connectivity index (χ0n) is 19.5. The Morgan fingerprint density at radius 3 is 2.41 bits per heavy atom. The van der Waals surface area contributed by atoms with Gasteiger partial charge in [0, 0.05) is 0 Å². The molecule has 156 valence electrons. The van der Waals surface area contributed by atoms with E-state index in [1.807, 2.05) is 6.07 Å². The van der Waals surface area contributed by atoms with Crippen LogP contribution in [-0.2, 0) is 7.05 Å². The van der Waals surface area contributed by atoms with Crippen molar-refractivity contribution in [2.45, 2.75) is 31.1 Å². The van der Waals surface area contributed by atoms with Gasteiger partial charge in [-0.3, -0.25) is 0 Å². The molecule has 4 heteroatoms. The molecular formula is C28H26GeN3+. The Morgan fingerprint density at radius 2 is 1.69 bits per heavy atom. The molecule has 3 nitrogen and oxygen atoms in total. The summed E-state index contributed by atoms with van der Waals surface area (Å²) in [6, 6.07) is 15.7. The molecule has 0 saturated carbocycles. The summed E-state index contributed by atoms with van der Waals surface area (Å²) in [5.41, 5.74) is 8.31. The van der Waals surface area contributed by atoms with Gasteiger partial charge in [-0.25, -0.2) is 0 Å². The molecule has 0 spiro atoms. The van der Waals surface area contributed by atoms with Crippen LogP contribution in [0.1, 0.15) is 11.1 Å². The van der Waals surface area contributed by atoms with Crippen LogP contribution < -0.4 is 8.96 Å². The number of benzene rings is 3. The molecule has 0 bridgehead atoms. The molecule has 0 radical (unpaired) electrons. The molecule has 3 aromatic heterocycles. The second kappa shape index (κ2) is 6.24. The third-order valence-corrected chi connectivity index (χ3v) is 11.5. The van der Waals surface area contributed by atoms with E-state index in [1.165, 1.54) is 59.0 Å². The van der Waals surface area contributed by atoms with E-state index in [0.29, 0.717) is 5.69 Å². The molecule has 0 amide bonds. The van der Waals surface area contributed by atoms with Crippen LogP contribution in [0.25, 0.3) is 53.8 Å². The van der Waals surface area contributed by atoms with Gasteiger partial charge in [-0.15, -0.1) is 0 Å². The SMILES string of the molecule is [C-]#[N+]c1ccc2c3cc(C)c(C)c4c3n(c2c1)c1c[c]([Ge]([CH3])([CH3])[CH3])cc2cc[n+](C)c4c21. The number of rotatable bonds is 1. The fraction of sp³-hybridized carbons (Fsp3) is 0.214. The summed E-state index contributed by atoms with van der Waals surface area (Å²) < 4.78 is 6.25. The van der Waals surface area contributed by atoms with Crippen molar-refractivity contribution in [3.05, 3.63) is 71.2 Å². The van der Waals surface area contributed by atoms with Gasteiger partial charge in [0.2, 0.25) is 0 Å². The van der Waals surface area contributed by atoms with E-state index in [2.05, 4.69) is 94.6 Å². The molecule has 0 aliphatic carbocycles. The number of hydrogen-bond acceptors (Lipinski definition) is 0. The second-order valence-electron chi connectivity index (χ2n) is 10.2. The Bertz CT molecular complexity index is 1790. The predicted octanol–water partition coefficient (Wildman–Crippen LogP) is 6.53. The quantitative estimate of drug-likeness (QED) is 0.0841. The molecule has 6 rings (SSSR count). The number of pyridine rings is 2. The monoisotopic (exact) mass is 478 g/mol. The Balaban J connectivity index is 2.07. The Morgan fingerprint density at radius 1 is 0.906 bits per heavy atom. The van der Waals surface area contributed by atoms with Gasteiger partial charge < -0.3 is 0 Å². The molecule has 6 aromatic rings. The molecule has 0 fully saturated rings. The van der Waals surface area contributed by atoms with Gasteiger partial charge in [0.05, 0.1) is 0 Å². The number of aryl methyl sites for hydroxylation is 3. The summed E-state index contributed by atoms with van der Waals surface area (Å²) in [6.07, 6.45) is 2.21. The molecule has 32 heavy (non-hydrogen) atoms. The maximum atomic E-state index is 7.60. The van der Waals surface area contributed by atoms with E-state index in [-0.39, 0.29) is 0 Å². The summed E-state index contributed by atoms with van der Waals surface area (Å²) in [6.45, 7) is 12.1. The molecule has 0 aliphatic rings. The number of hydrogen-bond donors (Lipinski definition) is 0. The van der Waals surface area contributed by atoms with Crippen molar-refractivity contribution in [2.75, 3.05) is 0 Å². The van der Waals surface area contributed by atoms with Gasteiger partial charge in [-0.2, -0.15) is 0 Å². The molecule has 0 aliphatic heterocycles. The first-order valence-electron chi connectivity index (χ1n) is 11.1. The Kier molecular flexibility index (Phi) is 3.82. The van der Waals surface area contributed by atoms with E-state index >= 15 is 0 Å². The molecule has 0 unspecified atom stereocenters. The number of aromatic nitrogens is 2. The van der Waals surface area contributed by atoms with E-state index in [9.17, 15) is 0 Å². The van der Waals surface area contributed by atoms with Crippen LogP contribution in [0.5, 0.6) is 0 Å². The number of fused-ring (bicyclic) bond motifs is 5. The Hall–Kier alpha value is -3.10. The van der Waals surface area contributed by atoms with Crippen LogP contribution >= 0.6 is 0 Å². The van der Waals surface area contributed by atoms with Crippen LogP contribution in [-0.4, -0.2) is 17.7 Å². The standard InChI is InChI=1S/C28H26GeN3/c1-16-12-22-21-9-8-20(30-6)15-23(21)32-24-14-19(29(3,4)5)13-18-10-11-31(7)28(26(18)24)25(17(16)2)27(22)32/h8-15H,1-5,7H3/q+1. The van der Waals surface area contributed by atoms with Crippen LogP contribution in [0, 0.1) is 20.4 Å². The summed E-state index contributed by atoms with van der Waals surface area (Å²) in [7, 11) is 2.16. The first kappa shape index (κ1) is 19.6. The van der Waals surface area contributed by atoms with Crippen LogP contribution in [0.2, 0.25) is 17.3 Å². The number of nitrogens with zero attached hydrogens (tertiary/aromatic N) is 3. The van der Waals surface area contributed by atoms with Crippen molar-refractivity contribution in [2.24, 2.45) is 7.05 Å². The van der Waals surface area contributed by atoms with Crippen molar-refractivity contribution < 1.29 is 4.57 Å². The van der Waals surface area contributed by atoms with E-state index in [0.717, 1.165) is 5.52 Å². The van der Waals surface area contributed by atoms with Crippen molar-refractivity contribution in [1.29, 1.82) is 0 Å². The van der Waals surface area contributed by atoms with Gasteiger partial charge >= 0.3 is 191 Å². The summed E-state index contributed by atoms with van der Waals surface area (Å²) in [4.78, 5) is 3.75. The average molecular weight is 477 g/mol. The minimum absolute atomic E-state index is 0.692. The fourth-order valence-corrected chi connectivity index (χ4v) is 7.82. The Labute approximate surface area is 190 Å². The van der Waals surface area contributed by atoms with Crippen LogP contribution in [0.15, 0.2) is 48.7 Å². The van der Waals surface area contributed by atoms with Gasteiger partial charge in [-0.05, 0) is 0 Å². The second-order valence-corrected chi connectivity index (χ2v) is 20.9. The zero-order valence-corrected chi connectivity index (χ0v) is 21.6. The maximum absolute atomic E-state index is 7.60. The predicted molar refractivity (Wildman–Crippen MR) is 138 cm³/mol. The van der Waals surface area contributed by atoms with Gasteiger partial charge in [-0.1, -0.05) is 0 Å². The molecule has 3 heterocycles. The average Bonchev–Trinajstić information content (AvgIpc) is 3.07. The molecule has 0 saturated heterocycles. The van der Waals surface area contributed by atoms with E-state index in [4.69, 9.17) is 6.57 Å². The normalized spacial score (nSPS) is 12.7. The minimum atomic E-state index is -2.08. The molecule has 3 aromatic carbocycles. The van der Waals surface area contributed by atoms with Crippen molar-refractivity contribution >= 4 is 72.3 Å². The molecular weight excluding hydrogens is 451 g/mol. The van der Waals surface area contributed by atoms with Gasteiger partial charge in [0.1, 0.15) is 0 Å². The van der Waals surface area contributed by atoms with Crippen molar-refractivity contribution in [1.82, 2.24) is 4.40 Å². The zero-order chi connectivity index (χ0) is 22.5. The molecule has 0 N–H and O–H groups in total. The summed E-state index contributed by atoms with van der Waals surface area (Å²) in [5, 5.41) is 6.46. The first-order valence-corrected chi connectivity index (χ1v) is 18.5. The van der Waals surface area contributed by atoms with E-state index < -0.39 is 13.3 Å². The summed E-state index contributed by atoms with van der Waals surface area (Å²) in [5.74, 6) is 7.38. The third kappa shape index (κ3) is 2.39. The third-order valence-electron chi connectivity index (χ3n) is 7.24. The van der Waals surface area contributed by atoms with Crippen LogP contribution in [0.3, 0.4) is 0 Å². The van der Waals surface area contributed by atoms with Gasteiger partial charge in [0.15, 0.2) is 0 Å². The van der Waals surface area contributed by atoms with Crippen molar-refractivity contribution in [3.8, 4) is 0 Å². The first-order chi connectivity index (χ1) is 15.2. The molecule has 0 atom stereocenters. The van der Waals surface area contributed by atoms with Crippen LogP contribution in [0.4, 0.5) is 5.69 Å². The van der Waals surface area contributed by atoms with Gasteiger partial charge in [0.25, 0.3) is 0 Å². The van der Waals surface area contributed by atoms with Crippen molar-refractivity contribution in [3.63, 3.8) is 0 Å². The van der Waals surface area contributed by atoms with E-state index in [1.54, 1.807) is 0 Å².